The zero-order valence-electron chi connectivity index (χ0n) is 6.00. The summed E-state index contributed by atoms with van der Waals surface area (Å²) in [5, 5.41) is 3.00. The molecule has 11 heavy (non-hydrogen) atoms. The molecule has 0 fully saturated rings. The van der Waals surface area contributed by atoms with E-state index in [1.165, 1.54) is 0 Å². The zero-order chi connectivity index (χ0) is 7.68. The third kappa shape index (κ3) is 0.981. The highest BCUT2D eigenvalue weighted by Crippen LogP contribution is 2.15. The Bertz CT molecular complexity index is 286. The molecular formula is C8H8N2O. The number of dihydropyridines is 2. The van der Waals surface area contributed by atoms with E-state index in [0.717, 1.165) is 18.5 Å². The molecule has 0 aromatic carbocycles. The highest BCUT2D eigenvalue weighted by atomic mass is 16.1. The van der Waals surface area contributed by atoms with Gasteiger partial charge < -0.3 is 5.32 Å². The second kappa shape index (κ2) is 2.34. The van der Waals surface area contributed by atoms with E-state index >= 15 is 0 Å². The lowest BCUT2D eigenvalue weighted by molar-refractivity contribution is -0.114. The predicted molar refractivity (Wildman–Crippen MR) is 42.3 cm³/mol. The monoisotopic (exact) mass is 148 g/mol. The maximum Gasteiger partial charge on any atom is 0.293 e. The van der Waals surface area contributed by atoms with E-state index in [1.807, 2.05) is 12.2 Å². The summed E-state index contributed by atoms with van der Waals surface area (Å²) >= 11 is 0. The van der Waals surface area contributed by atoms with Gasteiger partial charge in [0.15, 0.2) is 0 Å². The van der Waals surface area contributed by atoms with E-state index in [4.69, 9.17) is 0 Å². The number of nitrogens with one attached hydrogen (secondary N) is 1. The molecule has 2 aliphatic heterocycles. The minimum atomic E-state index is -0.143. The van der Waals surface area contributed by atoms with Gasteiger partial charge in [0.05, 0.1) is 0 Å². The summed E-state index contributed by atoms with van der Waals surface area (Å²) < 4.78 is 0. The molecule has 0 saturated carbocycles. The topological polar surface area (TPSA) is 41.5 Å². The number of rotatable bonds is 0. The first-order valence-corrected chi connectivity index (χ1v) is 3.58. The Labute approximate surface area is 64.5 Å². The fraction of sp³-hybridized carbons (Fsp3) is 0.250. The van der Waals surface area contributed by atoms with Crippen LogP contribution in [0.2, 0.25) is 0 Å². The van der Waals surface area contributed by atoms with Gasteiger partial charge in [-0.25, -0.2) is 4.99 Å². The standard InChI is InChI=1S/C8H8N2O/c11-8-7-6(3-5-10-8)2-1-4-9-7/h1-2,5,9H,3-4H2. The van der Waals surface area contributed by atoms with E-state index < -0.39 is 0 Å². The van der Waals surface area contributed by atoms with Crippen LogP contribution in [0.3, 0.4) is 0 Å². The van der Waals surface area contributed by atoms with Crippen molar-refractivity contribution >= 4 is 12.1 Å². The van der Waals surface area contributed by atoms with Gasteiger partial charge in [0.2, 0.25) is 0 Å². The number of aliphatic imine (C=N–C) groups is 1. The van der Waals surface area contributed by atoms with E-state index in [9.17, 15) is 4.79 Å². The molecule has 0 aromatic heterocycles. The van der Waals surface area contributed by atoms with Crippen LogP contribution in [0, 0.1) is 0 Å². The highest BCUT2D eigenvalue weighted by Gasteiger charge is 2.16. The van der Waals surface area contributed by atoms with Crippen molar-refractivity contribution in [3.8, 4) is 0 Å². The number of nitrogens with zero attached hydrogens (tertiary/aromatic N) is 1. The molecule has 0 aliphatic carbocycles. The van der Waals surface area contributed by atoms with Crippen LogP contribution in [0.25, 0.3) is 0 Å². The van der Waals surface area contributed by atoms with Crippen LogP contribution in [0.1, 0.15) is 6.42 Å². The lowest BCUT2D eigenvalue weighted by Gasteiger charge is -2.16. The van der Waals surface area contributed by atoms with Gasteiger partial charge >= 0.3 is 0 Å². The van der Waals surface area contributed by atoms with Gasteiger partial charge in [-0.1, -0.05) is 12.2 Å². The minimum absolute atomic E-state index is 0.143. The predicted octanol–water partition coefficient (Wildman–Crippen LogP) is 0.401. The van der Waals surface area contributed by atoms with E-state index in [0.29, 0.717) is 5.70 Å². The van der Waals surface area contributed by atoms with Crippen molar-refractivity contribution in [2.45, 2.75) is 6.42 Å². The quantitative estimate of drug-likeness (QED) is 0.540. The van der Waals surface area contributed by atoms with Gasteiger partial charge in [0.1, 0.15) is 5.70 Å². The molecule has 0 atom stereocenters. The Morgan fingerprint density at radius 1 is 1.55 bits per heavy atom. The smallest absolute Gasteiger partial charge is 0.293 e. The molecule has 56 valence electrons. The Morgan fingerprint density at radius 3 is 3.27 bits per heavy atom. The Morgan fingerprint density at radius 2 is 2.45 bits per heavy atom. The summed E-state index contributed by atoms with van der Waals surface area (Å²) in [4.78, 5) is 14.8. The molecule has 2 heterocycles. The molecule has 3 heteroatoms. The molecule has 0 saturated heterocycles. The van der Waals surface area contributed by atoms with Crippen LogP contribution < -0.4 is 5.32 Å². The normalized spacial score (nSPS) is 21.6. The Balaban J connectivity index is 2.39. The fourth-order valence-electron chi connectivity index (χ4n) is 1.23. The van der Waals surface area contributed by atoms with Crippen LogP contribution in [-0.4, -0.2) is 18.7 Å². The second-order valence-corrected chi connectivity index (χ2v) is 2.50. The van der Waals surface area contributed by atoms with Crippen molar-refractivity contribution in [2.24, 2.45) is 4.99 Å². The first-order chi connectivity index (χ1) is 5.38. The van der Waals surface area contributed by atoms with Gasteiger partial charge in [0, 0.05) is 19.2 Å². The lowest BCUT2D eigenvalue weighted by Crippen LogP contribution is -2.26. The molecule has 1 N–H and O–H groups in total. The third-order valence-electron chi connectivity index (χ3n) is 1.77. The molecular weight excluding hydrogens is 140 g/mol. The lowest BCUT2D eigenvalue weighted by atomic mass is 10.1. The molecule has 0 unspecified atom stereocenters. The first-order valence-electron chi connectivity index (χ1n) is 3.58. The first kappa shape index (κ1) is 6.34. The van der Waals surface area contributed by atoms with Crippen molar-refractivity contribution in [3.63, 3.8) is 0 Å². The number of amides is 1. The molecule has 1 amide bonds. The van der Waals surface area contributed by atoms with Crippen LogP contribution >= 0.6 is 0 Å². The van der Waals surface area contributed by atoms with Crippen LogP contribution in [0.4, 0.5) is 0 Å². The van der Waals surface area contributed by atoms with Gasteiger partial charge in [-0.05, 0) is 5.57 Å². The summed E-state index contributed by atoms with van der Waals surface area (Å²) in [6.45, 7) is 0.736. The zero-order valence-corrected chi connectivity index (χ0v) is 6.00. The summed E-state index contributed by atoms with van der Waals surface area (Å²) in [6.07, 6.45) is 6.41. The summed E-state index contributed by atoms with van der Waals surface area (Å²) in [5.74, 6) is -0.143. The SMILES string of the molecule is O=C1N=CCC2=C1NCC=C2. The van der Waals surface area contributed by atoms with Gasteiger partial charge in [0.25, 0.3) is 5.91 Å². The number of hydrogen-bond donors (Lipinski definition) is 1. The molecule has 0 spiro atoms. The number of carbonyl (C=O) groups excluding carboxylic acids is 1. The van der Waals surface area contributed by atoms with E-state index in [2.05, 4.69) is 10.3 Å². The van der Waals surface area contributed by atoms with Crippen molar-refractivity contribution in [2.75, 3.05) is 6.54 Å². The summed E-state index contributed by atoms with van der Waals surface area (Å²) in [5.41, 5.74) is 1.73. The average Bonchev–Trinajstić information content (AvgIpc) is 2.06. The van der Waals surface area contributed by atoms with Crippen molar-refractivity contribution in [1.82, 2.24) is 5.32 Å². The molecule has 2 rings (SSSR count). The molecule has 0 bridgehead atoms. The molecule has 3 nitrogen and oxygen atoms in total. The Hall–Kier alpha value is -1.38. The minimum Gasteiger partial charge on any atom is -0.377 e. The van der Waals surface area contributed by atoms with Crippen LogP contribution in [0.15, 0.2) is 28.4 Å². The van der Waals surface area contributed by atoms with Gasteiger partial charge in [-0.3, -0.25) is 4.79 Å². The fourth-order valence-corrected chi connectivity index (χ4v) is 1.23. The third-order valence-corrected chi connectivity index (χ3v) is 1.77. The number of allylic oxidation sites excluding steroid dienone is 2. The summed E-state index contributed by atoms with van der Waals surface area (Å²) in [6, 6.07) is 0. The Kier molecular flexibility index (Phi) is 1.35. The largest absolute Gasteiger partial charge is 0.377 e. The van der Waals surface area contributed by atoms with Crippen molar-refractivity contribution < 1.29 is 4.79 Å². The highest BCUT2D eigenvalue weighted by molar-refractivity contribution is 6.02. The van der Waals surface area contributed by atoms with Crippen molar-refractivity contribution in [3.05, 3.63) is 23.4 Å². The average molecular weight is 148 g/mol. The van der Waals surface area contributed by atoms with E-state index in [-0.39, 0.29) is 5.91 Å². The van der Waals surface area contributed by atoms with Crippen LogP contribution in [0.5, 0.6) is 0 Å². The maximum atomic E-state index is 11.1. The molecule has 0 aromatic rings. The van der Waals surface area contributed by atoms with E-state index in [1.54, 1.807) is 6.21 Å². The molecule has 2 aliphatic rings. The number of hydrogen-bond acceptors (Lipinski definition) is 2. The summed E-state index contributed by atoms with van der Waals surface area (Å²) in [7, 11) is 0. The van der Waals surface area contributed by atoms with Crippen molar-refractivity contribution in [1.29, 1.82) is 0 Å². The van der Waals surface area contributed by atoms with Crippen LogP contribution in [-0.2, 0) is 4.79 Å². The van der Waals surface area contributed by atoms with Gasteiger partial charge in [-0.2, -0.15) is 0 Å². The maximum absolute atomic E-state index is 11.1. The van der Waals surface area contributed by atoms with Gasteiger partial charge in [-0.15, -0.1) is 0 Å². The number of carbonyl (C=O) groups is 1. The molecule has 0 radical (unpaired) electrons. The second-order valence-electron chi connectivity index (χ2n) is 2.50.